The lowest BCUT2D eigenvalue weighted by Crippen LogP contribution is -2.17. The van der Waals surface area contributed by atoms with E-state index in [4.69, 9.17) is 4.74 Å². The zero-order chi connectivity index (χ0) is 15.2. The first-order valence-electron chi connectivity index (χ1n) is 6.09. The Bertz CT molecular complexity index is 666. The minimum absolute atomic E-state index is 0.214. The SMILES string of the molecule is COc1ccc(C(=O)N/N=C/c2ccc(O)c(O)c2)cc1. The summed E-state index contributed by atoms with van der Waals surface area (Å²) in [6.45, 7) is 0. The van der Waals surface area contributed by atoms with Gasteiger partial charge in [-0.05, 0) is 48.0 Å². The van der Waals surface area contributed by atoms with Crippen LogP contribution in [0.25, 0.3) is 0 Å². The van der Waals surface area contributed by atoms with Gasteiger partial charge in [0.05, 0.1) is 13.3 Å². The number of carbonyl (C=O) groups excluding carboxylic acids is 1. The largest absolute Gasteiger partial charge is 0.504 e. The van der Waals surface area contributed by atoms with Crippen molar-refractivity contribution in [1.82, 2.24) is 5.43 Å². The fourth-order valence-electron chi connectivity index (χ4n) is 1.59. The third-order valence-electron chi connectivity index (χ3n) is 2.73. The summed E-state index contributed by atoms with van der Waals surface area (Å²) in [5.41, 5.74) is 3.35. The van der Waals surface area contributed by atoms with Gasteiger partial charge in [0.2, 0.25) is 0 Å². The van der Waals surface area contributed by atoms with E-state index in [1.807, 2.05) is 0 Å². The van der Waals surface area contributed by atoms with E-state index in [1.54, 1.807) is 37.4 Å². The number of methoxy groups -OCH3 is 1. The summed E-state index contributed by atoms with van der Waals surface area (Å²) in [4.78, 5) is 11.8. The van der Waals surface area contributed by atoms with Crippen molar-refractivity contribution in [3.63, 3.8) is 0 Å². The Morgan fingerprint density at radius 3 is 2.48 bits per heavy atom. The van der Waals surface area contributed by atoms with E-state index in [9.17, 15) is 15.0 Å². The molecule has 1 amide bonds. The Morgan fingerprint density at radius 1 is 1.14 bits per heavy atom. The van der Waals surface area contributed by atoms with Crippen molar-refractivity contribution in [3.8, 4) is 17.2 Å². The molecule has 6 nitrogen and oxygen atoms in total. The first-order chi connectivity index (χ1) is 10.1. The normalized spacial score (nSPS) is 10.5. The topological polar surface area (TPSA) is 91.2 Å². The number of hydrogen-bond acceptors (Lipinski definition) is 5. The standard InChI is InChI=1S/C15H14N2O4/c1-21-12-5-3-11(4-6-12)15(20)17-16-9-10-2-7-13(18)14(19)8-10/h2-9,18-19H,1H3,(H,17,20)/b16-9+. The molecule has 0 aliphatic carbocycles. The third kappa shape index (κ3) is 3.73. The van der Waals surface area contributed by atoms with E-state index >= 15 is 0 Å². The van der Waals surface area contributed by atoms with Crippen LogP contribution in [-0.4, -0.2) is 29.4 Å². The van der Waals surface area contributed by atoms with Crippen LogP contribution in [0.3, 0.4) is 0 Å². The number of benzene rings is 2. The quantitative estimate of drug-likeness (QED) is 0.454. The number of ether oxygens (including phenoxy) is 1. The second-order valence-electron chi connectivity index (χ2n) is 4.18. The molecule has 6 heteroatoms. The van der Waals surface area contributed by atoms with Crippen LogP contribution in [0.1, 0.15) is 15.9 Å². The number of hydrazone groups is 1. The Morgan fingerprint density at radius 2 is 1.86 bits per heavy atom. The summed E-state index contributed by atoms with van der Waals surface area (Å²) in [7, 11) is 1.55. The van der Waals surface area contributed by atoms with Gasteiger partial charge in [-0.3, -0.25) is 4.79 Å². The lowest BCUT2D eigenvalue weighted by Gasteiger charge is -2.02. The number of phenols is 2. The molecule has 0 unspecified atom stereocenters. The summed E-state index contributed by atoms with van der Waals surface area (Å²) in [5.74, 6) is -0.165. The van der Waals surface area contributed by atoms with E-state index in [2.05, 4.69) is 10.5 Å². The summed E-state index contributed by atoms with van der Waals surface area (Å²) < 4.78 is 5.00. The number of hydrogen-bond donors (Lipinski definition) is 3. The van der Waals surface area contributed by atoms with Crippen molar-refractivity contribution < 1.29 is 19.7 Å². The number of amides is 1. The molecule has 3 N–H and O–H groups in total. The van der Waals surface area contributed by atoms with Crippen LogP contribution in [0.2, 0.25) is 0 Å². The van der Waals surface area contributed by atoms with E-state index in [0.717, 1.165) is 0 Å². The molecule has 2 rings (SSSR count). The highest BCUT2D eigenvalue weighted by Gasteiger charge is 2.04. The number of phenolic OH excluding ortho intramolecular Hbond substituents is 2. The molecule has 0 atom stereocenters. The van der Waals surface area contributed by atoms with Crippen LogP contribution in [0.4, 0.5) is 0 Å². The molecule has 0 saturated heterocycles. The van der Waals surface area contributed by atoms with Crippen molar-refractivity contribution in [2.75, 3.05) is 7.11 Å². The van der Waals surface area contributed by atoms with E-state index in [1.165, 1.54) is 18.3 Å². The van der Waals surface area contributed by atoms with Crippen molar-refractivity contribution in [3.05, 3.63) is 53.6 Å². The molecule has 21 heavy (non-hydrogen) atoms. The molecule has 0 heterocycles. The van der Waals surface area contributed by atoms with Crippen LogP contribution >= 0.6 is 0 Å². The third-order valence-corrected chi connectivity index (χ3v) is 2.73. The highest BCUT2D eigenvalue weighted by Crippen LogP contribution is 2.23. The van der Waals surface area contributed by atoms with Gasteiger partial charge in [-0.1, -0.05) is 0 Å². The van der Waals surface area contributed by atoms with Gasteiger partial charge in [0.25, 0.3) is 5.91 Å². The van der Waals surface area contributed by atoms with Crippen molar-refractivity contribution in [1.29, 1.82) is 0 Å². The van der Waals surface area contributed by atoms with Gasteiger partial charge in [0.15, 0.2) is 11.5 Å². The molecule has 108 valence electrons. The maximum absolute atomic E-state index is 11.8. The number of nitrogens with one attached hydrogen (secondary N) is 1. The number of rotatable bonds is 4. The highest BCUT2D eigenvalue weighted by atomic mass is 16.5. The molecule has 0 fully saturated rings. The Balaban J connectivity index is 1.99. The summed E-state index contributed by atoms with van der Waals surface area (Å²) in [6, 6.07) is 10.8. The van der Waals surface area contributed by atoms with Crippen LogP contribution in [-0.2, 0) is 0 Å². The fourth-order valence-corrected chi connectivity index (χ4v) is 1.59. The molecule has 0 spiro atoms. The predicted octanol–water partition coefficient (Wildman–Crippen LogP) is 1.87. The molecule has 0 aromatic heterocycles. The van der Waals surface area contributed by atoms with Crippen molar-refractivity contribution in [2.45, 2.75) is 0 Å². The smallest absolute Gasteiger partial charge is 0.271 e. The first kappa shape index (κ1) is 14.4. The summed E-state index contributed by atoms with van der Waals surface area (Å²) in [6.07, 6.45) is 1.36. The maximum Gasteiger partial charge on any atom is 0.271 e. The van der Waals surface area contributed by atoms with Crippen LogP contribution in [0.5, 0.6) is 17.2 Å². The average Bonchev–Trinajstić information content (AvgIpc) is 2.51. The average molecular weight is 286 g/mol. The second kappa shape index (κ2) is 6.42. The highest BCUT2D eigenvalue weighted by molar-refractivity contribution is 5.95. The van der Waals surface area contributed by atoms with Gasteiger partial charge in [0, 0.05) is 5.56 Å². The lowest BCUT2D eigenvalue weighted by atomic mass is 10.2. The Kier molecular flexibility index (Phi) is 4.40. The van der Waals surface area contributed by atoms with Gasteiger partial charge >= 0.3 is 0 Å². The Labute approximate surface area is 121 Å². The van der Waals surface area contributed by atoms with Gasteiger partial charge in [-0.25, -0.2) is 5.43 Å². The predicted molar refractivity (Wildman–Crippen MR) is 77.8 cm³/mol. The van der Waals surface area contributed by atoms with E-state index in [0.29, 0.717) is 16.9 Å². The summed E-state index contributed by atoms with van der Waals surface area (Å²) >= 11 is 0. The van der Waals surface area contributed by atoms with Crippen LogP contribution < -0.4 is 10.2 Å². The molecular formula is C15H14N2O4. The Hall–Kier alpha value is -3.02. The molecular weight excluding hydrogens is 272 g/mol. The van der Waals surface area contributed by atoms with Gasteiger partial charge < -0.3 is 14.9 Å². The fraction of sp³-hybridized carbons (Fsp3) is 0.0667. The second-order valence-corrected chi connectivity index (χ2v) is 4.18. The van der Waals surface area contributed by atoms with E-state index in [-0.39, 0.29) is 17.4 Å². The lowest BCUT2D eigenvalue weighted by molar-refractivity contribution is 0.0955. The zero-order valence-corrected chi connectivity index (χ0v) is 11.3. The zero-order valence-electron chi connectivity index (χ0n) is 11.3. The molecule has 2 aromatic rings. The molecule has 0 radical (unpaired) electrons. The van der Waals surface area contributed by atoms with Crippen molar-refractivity contribution >= 4 is 12.1 Å². The van der Waals surface area contributed by atoms with Gasteiger partial charge in [-0.2, -0.15) is 5.10 Å². The molecule has 0 saturated carbocycles. The first-order valence-corrected chi connectivity index (χ1v) is 6.09. The van der Waals surface area contributed by atoms with Gasteiger partial charge in [-0.15, -0.1) is 0 Å². The minimum Gasteiger partial charge on any atom is -0.504 e. The van der Waals surface area contributed by atoms with Crippen molar-refractivity contribution in [2.24, 2.45) is 5.10 Å². The minimum atomic E-state index is -0.364. The molecule has 0 aliphatic heterocycles. The monoisotopic (exact) mass is 286 g/mol. The molecule has 2 aromatic carbocycles. The molecule has 0 aliphatic rings. The maximum atomic E-state index is 11.8. The van der Waals surface area contributed by atoms with Gasteiger partial charge in [0.1, 0.15) is 5.75 Å². The number of nitrogens with zero attached hydrogens (tertiary/aromatic N) is 1. The van der Waals surface area contributed by atoms with E-state index < -0.39 is 0 Å². The number of aromatic hydroxyl groups is 2. The summed E-state index contributed by atoms with van der Waals surface area (Å²) in [5, 5.41) is 22.3. The van der Waals surface area contributed by atoms with Crippen LogP contribution in [0, 0.1) is 0 Å². The number of carbonyl (C=O) groups is 1. The van der Waals surface area contributed by atoms with Crippen LogP contribution in [0.15, 0.2) is 47.6 Å². The molecule has 0 bridgehead atoms.